The summed E-state index contributed by atoms with van der Waals surface area (Å²) in [4.78, 5) is 21.5. The van der Waals surface area contributed by atoms with E-state index in [1.165, 1.54) is 19.3 Å². The predicted octanol–water partition coefficient (Wildman–Crippen LogP) is 1.47. The molecule has 0 bridgehead atoms. The van der Waals surface area contributed by atoms with E-state index < -0.39 is 0 Å². The van der Waals surface area contributed by atoms with Gasteiger partial charge in [0.1, 0.15) is 23.7 Å². The third-order valence-corrected chi connectivity index (χ3v) is 2.85. The second-order valence-electron chi connectivity index (χ2n) is 4.36. The molecule has 2 rings (SSSR count). The zero-order valence-corrected chi connectivity index (χ0v) is 10.1. The molecule has 1 saturated heterocycles. The Kier molecular flexibility index (Phi) is 3.90. The number of hydrogen-bond donors (Lipinski definition) is 1. The normalized spacial score (nSPS) is 15.7. The van der Waals surface area contributed by atoms with Gasteiger partial charge in [-0.05, 0) is 26.2 Å². The average Bonchev–Trinajstić information content (AvgIpc) is 2.38. The van der Waals surface area contributed by atoms with E-state index in [-0.39, 0.29) is 5.78 Å². The van der Waals surface area contributed by atoms with Crippen LogP contribution in [0, 0.1) is 0 Å². The smallest absolute Gasteiger partial charge is 0.148 e. The average molecular weight is 234 g/mol. The van der Waals surface area contributed by atoms with Crippen molar-refractivity contribution in [3.8, 4) is 0 Å². The van der Waals surface area contributed by atoms with Gasteiger partial charge in [0.15, 0.2) is 0 Å². The van der Waals surface area contributed by atoms with Crippen molar-refractivity contribution < 1.29 is 4.79 Å². The maximum absolute atomic E-state index is 10.9. The Labute approximate surface area is 101 Å². The van der Waals surface area contributed by atoms with E-state index in [1.54, 1.807) is 13.3 Å². The number of hydrogen-bond acceptors (Lipinski definition) is 5. The number of aromatic nitrogens is 2. The summed E-state index contributed by atoms with van der Waals surface area (Å²) in [6, 6.07) is 1.91. The molecule has 5 heteroatoms. The lowest BCUT2D eigenvalue weighted by atomic mass is 10.1. The molecule has 0 spiro atoms. The highest BCUT2D eigenvalue weighted by atomic mass is 16.1. The van der Waals surface area contributed by atoms with E-state index >= 15 is 0 Å². The Morgan fingerprint density at radius 1 is 1.35 bits per heavy atom. The summed E-state index contributed by atoms with van der Waals surface area (Å²) in [5.74, 6) is 1.77. The number of carbonyl (C=O) groups is 1. The third kappa shape index (κ3) is 3.41. The first-order valence-corrected chi connectivity index (χ1v) is 6.06. The van der Waals surface area contributed by atoms with Gasteiger partial charge in [-0.25, -0.2) is 9.97 Å². The predicted molar refractivity (Wildman–Crippen MR) is 67.3 cm³/mol. The van der Waals surface area contributed by atoms with Gasteiger partial charge in [0.05, 0.1) is 6.54 Å². The number of nitrogens with one attached hydrogen (secondary N) is 1. The van der Waals surface area contributed by atoms with E-state index in [1.807, 2.05) is 6.07 Å². The third-order valence-electron chi connectivity index (χ3n) is 2.85. The quantitative estimate of drug-likeness (QED) is 0.855. The molecule has 0 aromatic carbocycles. The second-order valence-corrected chi connectivity index (χ2v) is 4.36. The van der Waals surface area contributed by atoms with Gasteiger partial charge >= 0.3 is 0 Å². The summed E-state index contributed by atoms with van der Waals surface area (Å²) in [6.07, 6.45) is 5.30. The van der Waals surface area contributed by atoms with Crippen molar-refractivity contribution in [2.45, 2.75) is 26.2 Å². The summed E-state index contributed by atoms with van der Waals surface area (Å²) in [5.41, 5.74) is 0. The molecule has 0 saturated carbocycles. The summed E-state index contributed by atoms with van der Waals surface area (Å²) in [6.45, 7) is 3.99. The highest BCUT2D eigenvalue weighted by molar-refractivity contribution is 5.80. The molecule has 0 aliphatic carbocycles. The van der Waals surface area contributed by atoms with Gasteiger partial charge in [-0.2, -0.15) is 0 Å². The minimum Gasteiger partial charge on any atom is -0.363 e. The van der Waals surface area contributed by atoms with Crippen LogP contribution < -0.4 is 10.2 Å². The Balaban J connectivity index is 2.02. The van der Waals surface area contributed by atoms with Crippen LogP contribution in [0.15, 0.2) is 12.4 Å². The number of ketones is 1. The highest BCUT2D eigenvalue weighted by Crippen LogP contribution is 2.18. The van der Waals surface area contributed by atoms with Crippen molar-refractivity contribution >= 4 is 17.4 Å². The van der Waals surface area contributed by atoms with E-state index in [0.717, 1.165) is 24.7 Å². The lowest BCUT2D eigenvalue weighted by molar-refractivity contribution is -0.115. The molecule has 92 valence electrons. The Hall–Kier alpha value is -1.65. The molecule has 5 nitrogen and oxygen atoms in total. The molecule has 0 atom stereocenters. The van der Waals surface area contributed by atoms with Gasteiger partial charge in [0.2, 0.25) is 0 Å². The lowest BCUT2D eigenvalue weighted by Crippen LogP contribution is -2.30. The molecule has 0 unspecified atom stereocenters. The zero-order valence-electron chi connectivity index (χ0n) is 10.1. The van der Waals surface area contributed by atoms with Crippen molar-refractivity contribution in [2.24, 2.45) is 0 Å². The number of nitrogens with zero attached hydrogens (tertiary/aromatic N) is 3. The minimum atomic E-state index is 0.100. The summed E-state index contributed by atoms with van der Waals surface area (Å²) in [5, 5.41) is 3.00. The fraction of sp³-hybridized carbons (Fsp3) is 0.583. The van der Waals surface area contributed by atoms with Gasteiger partial charge in [-0.15, -0.1) is 0 Å². The van der Waals surface area contributed by atoms with Crippen molar-refractivity contribution in [1.82, 2.24) is 9.97 Å². The summed E-state index contributed by atoms with van der Waals surface area (Å²) in [7, 11) is 0. The number of carbonyl (C=O) groups excluding carboxylic acids is 1. The maximum Gasteiger partial charge on any atom is 0.148 e. The van der Waals surface area contributed by atoms with E-state index in [2.05, 4.69) is 20.2 Å². The summed E-state index contributed by atoms with van der Waals surface area (Å²) >= 11 is 0. The zero-order chi connectivity index (χ0) is 12.1. The first-order chi connectivity index (χ1) is 8.25. The fourth-order valence-electron chi connectivity index (χ4n) is 1.95. The largest absolute Gasteiger partial charge is 0.363 e. The number of rotatable bonds is 4. The monoisotopic (exact) mass is 234 g/mol. The van der Waals surface area contributed by atoms with E-state index in [4.69, 9.17) is 0 Å². The Bertz CT molecular complexity index is 388. The van der Waals surface area contributed by atoms with Crippen LogP contribution in [0.25, 0.3) is 0 Å². The van der Waals surface area contributed by atoms with Crippen LogP contribution >= 0.6 is 0 Å². The molecule has 1 aliphatic rings. The molecule has 2 heterocycles. The Morgan fingerprint density at radius 3 is 2.82 bits per heavy atom. The van der Waals surface area contributed by atoms with E-state index in [9.17, 15) is 4.79 Å². The van der Waals surface area contributed by atoms with Crippen LogP contribution in [0.5, 0.6) is 0 Å². The molecule has 17 heavy (non-hydrogen) atoms. The van der Waals surface area contributed by atoms with Crippen molar-refractivity contribution in [1.29, 1.82) is 0 Å². The number of piperidine rings is 1. The van der Waals surface area contributed by atoms with Crippen LogP contribution in [0.2, 0.25) is 0 Å². The molecule has 0 amide bonds. The van der Waals surface area contributed by atoms with Gasteiger partial charge in [-0.1, -0.05) is 0 Å². The standard InChI is InChI=1S/C12H18N4O/c1-10(17)8-13-11-7-12(15-9-14-11)16-5-3-2-4-6-16/h7,9H,2-6,8H2,1H3,(H,13,14,15). The second kappa shape index (κ2) is 5.61. The number of anilines is 2. The van der Waals surface area contributed by atoms with Gasteiger partial charge < -0.3 is 10.2 Å². The lowest BCUT2D eigenvalue weighted by Gasteiger charge is -2.27. The van der Waals surface area contributed by atoms with Crippen molar-refractivity contribution in [3.63, 3.8) is 0 Å². The molecule has 1 aliphatic heterocycles. The topological polar surface area (TPSA) is 58.1 Å². The van der Waals surface area contributed by atoms with Crippen LogP contribution in [-0.4, -0.2) is 35.4 Å². The van der Waals surface area contributed by atoms with Crippen LogP contribution in [0.1, 0.15) is 26.2 Å². The maximum atomic E-state index is 10.9. The minimum absolute atomic E-state index is 0.100. The molecular formula is C12H18N4O. The van der Waals surface area contributed by atoms with Gasteiger partial charge in [0.25, 0.3) is 0 Å². The first-order valence-electron chi connectivity index (χ1n) is 6.06. The van der Waals surface area contributed by atoms with Crippen LogP contribution in [-0.2, 0) is 4.79 Å². The van der Waals surface area contributed by atoms with Gasteiger partial charge in [0, 0.05) is 19.2 Å². The molecule has 1 aromatic heterocycles. The highest BCUT2D eigenvalue weighted by Gasteiger charge is 2.12. The van der Waals surface area contributed by atoms with Crippen LogP contribution in [0.4, 0.5) is 11.6 Å². The Morgan fingerprint density at radius 2 is 2.12 bits per heavy atom. The molecule has 1 fully saturated rings. The number of Topliss-reactive ketones (excluding diaryl/α,β-unsaturated/α-hetero) is 1. The van der Waals surface area contributed by atoms with Crippen LogP contribution in [0.3, 0.4) is 0 Å². The SMILES string of the molecule is CC(=O)CNc1cc(N2CCCCC2)ncn1. The van der Waals surface area contributed by atoms with E-state index in [0.29, 0.717) is 6.54 Å². The fourth-order valence-corrected chi connectivity index (χ4v) is 1.95. The first kappa shape index (κ1) is 11.8. The molecular weight excluding hydrogens is 216 g/mol. The van der Waals surface area contributed by atoms with Crippen molar-refractivity contribution in [3.05, 3.63) is 12.4 Å². The molecule has 0 radical (unpaired) electrons. The van der Waals surface area contributed by atoms with Crippen molar-refractivity contribution in [2.75, 3.05) is 29.9 Å². The van der Waals surface area contributed by atoms with Gasteiger partial charge in [-0.3, -0.25) is 4.79 Å². The molecule has 1 N–H and O–H groups in total. The molecule has 1 aromatic rings. The summed E-state index contributed by atoms with van der Waals surface area (Å²) < 4.78 is 0.